The van der Waals surface area contributed by atoms with Crippen LogP contribution in [0.4, 0.5) is 4.79 Å². The maximum absolute atomic E-state index is 12.3. The van der Waals surface area contributed by atoms with Gasteiger partial charge in [-0.05, 0) is 45.4 Å². The summed E-state index contributed by atoms with van der Waals surface area (Å²) in [6, 6.07) is 4.82. The largest absolute Gasteiger partial charge is 0.444 e. The highest BCUT2D eigenvalue weighted by molar-refractivity contribution is 6.31. The first-order chi connectivity index (χ1) is 10.8. The van der Waals surface area contributed by atoms with E-state index in [0.717, 1.165) is 6.42 Å². The van der Waals surface area contributed by atoms with E-state index in [9.17, 15) is 9.59 Å². The number of ether oxygens (including phenoxy) is 1. The molecular formula is C16H18ClN3O3. The number of carbonyl (C=O) groups excluding carboxylic acids is 1. The molecule has 0 bridgehead atoms. The zero-order valence-electron chi connectivity index (χ0n) is 13.2. The molecule has 2 aromatic rings. The molecule has 1 N–H and O–H groups in total. The first kappa shape index (κ1) is 15.8. The van der Waals surface area contributed by atoms with E-state index >= 15 is 0 Å². The SMILES string of the molecule is CC(C)(C)OC(=O)N1CCC1c1n[nH]c(=O)c2ccc(Cl)cc12. The van der Waals surface area contributed by atoms with Crippen molar-refractivity contribution >= 4 is 28.5 Å². The standard InChI is InChI=1S/C16H18ClN3O3/c1-16(2,3)23-15(22)20-7-6-12(20)13-11-8-9(17)4-5-10(11)14(21)19-18-13/h4-5,8,12H,6-7H2,1-3H3,(H,19,21). The van der Waals surface area contributed by atoms with Crippen molar-refractivity contribution in [3.05, 3.63) is 39.3 Å². The fourth-order valence-electron chi connectivity index (χ4n) is 2.62. The number of fused-ring (bicyclic) bond motifs is 1. The van der Waals surface area contributed by atoms with Crippen molar-refractivity contribution in [1.82, 2.24) is 15.1 Å². The third-order valence-electron chi connectivity index (χ3n) is 3.74. The fraction of sp³-hybridized carbons (Fsp3) is 0.438. The van der Waals surface area contributed by atoms with Gasteiger partial charge >= 0.3 is 6.09 Å². The summed E-state index contributed by atoms with van der Waals surface area (Å²) in [5.74, 6) is 0. The molecule has 7 heteroatoms. The molecule has 0 radical (unpaired) electrons. The Morgan fingerprint density at radius 1 is 1.39 bits per heavy atom. The van der Waals surface area contributed by atoms with E-state index in [2.05, 4.69) is 10.2 Å². The van der Waals surface area contributed by atoms with Crippen LogP contribution in [-0.2, 0) is 4.74 Å². The van der Waals surface area contributed by atoms with E-state index in [-0.39, 0.29) is 17.7 Å². The van der Waals surface area contributed by atoms with Crippen molar-refractivity contribution in [2.75, 3.05) is 6.54 Å². The van der Waals surface area contributed by atoms with Gasteiger partial charge in [-0.3, -0.25) is 9.69 Å². The summed E-state index contributed by atoms with van der Waals surface area (Å²) in [4.78, 5) is 25.8. The number of rotatable bonds is 1. The maximum Gasteiger partial charge on any atom is 0.410 e. The van der Waals surface area contributed by atoms with Crippen molar-refractivity contribution in [3.8, 4) is 0 Å². The van der Waals surface area contributed by atoms with Crippen molar-refractivity contribution < 1.29 is 9.53 Å². The van der Waals surface area contributed by atoms with Crippen LogP contribution in [0, 0.1) is 0 Å². The Kier molecular flexibility index (Phi) is 3.80. The average molecular weight is 336 g/mol. The normalized spacial score (nSPS) is 17.9. The van der Waals surface area contributed by atoms with Crippen molar-refractivity contribution in [2.24, 2.45) is 0 Å². The number of carbonyl (C=O) groups is 1. The molecule has 3 rings (SSSR count). The highest BCUT2D eigenvalue weighted by atomic mass is 35.5. The predicted molar refractivity (Wildman–Crippen MR) is 87.7 cm³/mol. The smallest absolute Gasteiger partial charge is 0.410 e. The molecule has 122 valence electrons. The molecule has 1 unspecified atom stereocenters. The van der Waals surface area contributed by atoms with Crippen LogP contribution in [0.25, 0.3) is 10.8 Å². The number of aromatic nitrogens is 2. The lowest BCUT2D eigenvalue weighted by molar-refractivity contribution is -0.00637. The Balaban J connectivity index is 1.98. The van der Waals surface area contributed by atoms with Gasteiger partial charge in [-0.25, -0.2) is 9.89 Å². The third-order valence-corrected chi connectivity index (χ3v) is 3.98. The van der Waals surface area contributed by atoms with E-state index < -0.39 is 5.60 Å². The second-order valence-corrected chi connectivity index (χ2v) is 7.04. The van der Waals surface area contributed by atoms with Crippen LogP contribution in [0.2, 0.25) is 5.02 Å². The summed E-state index contributed by atoms with van der Waals surface area (Å²) < 4.78 is 5.41. The highest BCUT2D eigenvalue weighted by Crippen LogP contribution is 2.36. The van der Waals surface area contributed by atoms with E-state index in [4.69, 9.17) is 16.3 Å². The van der Waals surface area contributed by atoms with Gasteiger partial charge in [0.25, 0.3) is 5.56 Å². The second kappa shape index (κ2) is 5.53. The topological polar surface area (TPSA) is 75.3 Å². The molecule has 1 amide bonds. The molecule has 23 heavy (non-hydrogen) atoms. The number of nitrogens with one attached hydrogen (secondary N) is 1. The summed E-state index contributed by atoms with van der Waals surface area (Å²) in [5, 5.41) is 8.34. The zero-order chi connectivity index (χ0) is 16.8. The highest BCUT2D eigenvalue weighted by Gasteiger charge is 2.38. The van der Waals surface area contributed by atoms with Gasteiger partial charge in [-0.15, -0.1) is 0 Å². The number of amides is 1. The van der Waals surface area contributed by atoms with Crippen LogP contribution < -0.4 is 5.56 Å². The molecule has 6 nitrogen and oxygen atoms in total. The third kappa shape index (κ3) is 3.03. The molecular weight excluding hydrogens is 318 g/mol. The summed E-state index contributed by atoms with van der Waals surface area (Å²) in [7, 11) is 0. The van der Waals surface area contributed by atoms with Gasteiger partial charge in [0, 0.05) is 17.0 Å². The second-order valence-electron chi connectivity index (χ2n) is 6.61. The minimum Gasteiger partial charge on any atom is -0.444 e. The Morgan fingerprint density at radius 3 is 2.74 bits per heavy atom. The van der Waals surface area contributed by atoms with Crippen molar-refractivity contribution in [2.45, 2.75) is 38.8 Å². The summed E-state index contributed by atoms with van der Waals surface area (Å²) in [6.07, 6.45) is 0.386. The van der Waals surface area contributed by atoms with Gasteiger partial charge in [-0.1, -0.05) is 11.6 Å². The molecule has 0 spiro atoms. The molecule has 1 aliphatic heterocycles. The van der Waals surface area contributed by atoms with E-state index in [1.807, 2.05) is 20.8 Å². The van der Waals surface area contributed by atoms with Crippen LogP contribution in [0.3, 0.4) is 0 Å². The lowest BCUT2D eigenvalue weighted by Gasteiger charge is -2.41. The Bertz CT molecular complexity index is 825. The fourth-order valence-corrected chi connectivity index (χ4v) is 2.79. The Morgan fingerprint density at radius 2 is 2.13 bits per heavy atom. The van der Waals surface area contributed by atoms with Gasteiger partial charge in [0.15, 0.2) is 0 Å². The van der Waals surface area contributed by atoms with E-state index in [1.54, 1.807) is 23.1 Å². The van der Waals surface area contributed by atoms with Crippen LogP contribution in [0.5, 0.6) is 0 Å². The lowest BCUT2D eigenvalue weighted by atomic mass is 9.96. The first-order valence-corrected chi connectivity index (χ1v) is 7.81. The summed E-state index contributed by atoms with van der Waals surface area (Å²) in [5.41, 5.74) is -0.191. The Labute approximate surface area is 138 Å². The number of halogens is 1. The van der Waals surface area contributed by atoms with Gasteiger partial charge in [-0.2, -0.15) is 5.10 Å². The van der Waals surface area contributed by atoms with Crippen molar-refractivity contribution in [1.29, 1.82) is 0 Å². The lowest BCUT2D eigenvalue weighted by Crippen LogP contribution is -2.48. The maximum atomic E-state index is 12.3. The molecule has 1 aromatic heterocycles. The molecule has 1 atom stereocenters. The number of hydrogen-bond donors (Lipinski definition) is 1. The number of nitrogens with zero attached hydrogens (tertiary/aromatic N) is 2. The van der Waals surface area contributed by atoms with Crippen LogP contribution in [0.1, 0.15) is 38.9 Å². The molecule has 1 aromatic carbocycles. The van der Waals surface area contributed by atoms with Gasteiger partial charge in [0.1, 0.15) is 5.60 Å². The Hall–Kier alpha value is -2.08. The molecule has 0 saturated carbocycles. The van der Waals surface area contributed by atoms with Crippen LogP contribution in [0.15, 0.2) is 23.0 Å². The van der Waals surface area contributed by atoms with Crippen LogP contribution in [-0.4, -0.2) is 33.3 Å². The minimum absolute atomic E-state index is 0.220. The molecule has 1 saturated heterocycles. The summed E-state index contributed by atoms with van der Waals surface area (Å²) >= 11 is 6.05. The van der Waals surface area contributed by atoms with Crippen molar-refractivity contribution in [3.63, 3.8) is 0 Å². The predicted octanol–water partition coefficient (Wildman–Crippen LogP) is 3.26. The number of hydrogen-bond acceptors (Lipinski definition) is 4. The number of likely N-dealkylation sites (tertiary alicyclic amines) is 1. The molecule has 1 fully saturated rings. The summed E-state index contributed by atoms with van der Waals surface area (Å²) in [6.45, 7) is 6.08. The quantitative estimate of drug-likeness (QED) is 0.868. The van der Waals surface area contributed by atoms with Gasteiger partial charge in [0.05, 0.1) is 17.1 Å². The molecule has 0 aliphatic carbocycles. The molecule has 2 heterocycles. The monoisotopic (exact) mass is 335 g/mol. The van der Waals surface area contributed by atoms with E-state index in [1.165, 1.54) is 0 Å². The average Bonchev–Trinajstić information content (AvgIpc) is 2.38. The van der Waals surface area contributed by atoms with E-state index in [0.29, 0.717) is 28.0 Å². The van der Waals surface area contributed by atoms with Gasteiger partial charge < -0.3 is 4.74 Å². The van der Waals surface area contributed by atoms with Crippen LogP contribution >= 0.6 is 11.6 Å². The number of benzene rings is 1. The number of aromatic amines is 1. The first-order valence-electron chi connectivity index (χ1n) is 7.44. The number of H-pyrrole nitrogens is 1. The zero-order valence-corrected chi connectivity index (χ0v) is 14.0. The van der Waals surface area contributed by atoms with Gasteiger partial charge in [0.2, 0.25) is 0 Å². The molecule has 1 aliphatic rings. The minimum atomic E-state index is -0.555.